The van der Waals surface area contributed by atoms with Crippen LogP contribution < -0.4 is 5.32 Å². The van der Waals surface area contributed by atoms with E-state index in [1.165, 1.54) is 19.3 Å². The molecule has 0 heterocycles. The first kappa shape index (κ1) is 19.1. The Bertz CT molecular complexity index is 729. The molecule has 1 aromatic rings. The SMILES string of the molecule is CN(Cc1cccc(Cl)c1Cl)C(=O)CNC(=O)C12CC3CC(CC(C3)C1)C2. The maximum absolute atomic E-state index is 13.0. The number of nitrogens with one attached hydrogen (secondary N) is 1. The molecular weight excluding hydrogens is 383 g/mol. The van der Waals surface area contributed by atoms with Crippen LogP contribution in [0.3, 0.4) is 0 Å². The van der Waals surface area contributed by atoms with Gasteiger partial charge >= 0.3 is 0 Å². The van der Waals surface area contributed by atoms with Gasteiger partial charge in [0.1, 0.15) is 0 Å². The molecule has 0 atom stereocenters. The van der Waals surface area contributed by atoms with E-state index >= 15 is 0 Å². The summed E-state index contributed by atoms with van der Waals surface area (Å²) in [5, 5.41) is 3.89. The molecule has 146 valence electrons. The number of carbonyl (C=O) groups excluding carboxylic acids is 2. The molecule has 4 aliphatic carbocycles. The Morgan fingerprint density at radius 2 is 1.70 bits per heavy atom. The summed E-state index contributed by atoms with van der Waals surface area (Å²) in [7, 11) is 1.72. The number of halogens is 2. The number of hydrogen-bond acceptors (Lipinski definition) is 2. The Labute approximate surface area is 170 Å². The normalized spacial score (nSPS) is 31.0. The van der Waals surface area contributed by atoms with Crippen molar-refractivity contribution < 1.29 is 9.59 Å². The molecule has 4 nitrogen and oxygen atoms in total. The van der Waals surface area contributed by atoms with Gasteiger partial charge in [-0.05, 0) is 67.9 Å². The van der Waals surface area contributed by atoms with E-state index in [2.05, 4.69) is 5.32 Å². The molecule has 6 heteroatoms. The number of carbonyl (C=O) groups is 2. The van der Waals surface area contributed by atoms with Crippen LogP contribution in [0, 0.1) is 23.2 Å². The summed E-state index contributed by atoms with van der Waals surface area (Å²) in [5.41, 5.74) is 0.580. The fourth-order valence-corrected chi connectivity index (χ4v) is 6.26. The summed E-state index contributed by atoms with van der Waals surface area (Å²) in [6.45, 7) is 0.404. The zero-order valence-corrected chi connectivity index (χ0v) is 17.2. The first-order valence-electron chi connectivity index (χ1n) is 9.81. The van der Waals surface area contributed by atoms with Crippen LogP contribution in [0.4, 0.5) is 0 Å². The second-order valence-corrected chi connectivity index (χ2v) is 9.63. The van der Waals surface area contributed by atoms with E-state index in [1.54, 1.807) is 18.0 Å². The van der Waals surface area contributed by atoms with E-state index in [-0.39, 0.29) is 23.8 Å². The molecule has 0 saturated heterocycles. The molecule has 4 saturated carbocycles. The number of rotatable bonds is 5. The Kier molecular flexibility index (Phi) is 5.15. The van der Waals surface area contributed by atoms with Crippen LogP contribution in [0.2, 0.25) is 10.0 Å². The van der Waals surface area contributed by atoms with Crippen LogP contribution in [0.15, 0.2) is 18.2 Å². The number of likely N-dealkylation sites (N-methyl/N-ethyl adjacent to an activating group) is 1. The highest BCUT2D eigenvalue weighted by Crippen LogP contribution is 2.60. The van der Waals surface area contributed by atoms with Crippen molar-refractivity contribution in [3.63, 3.8) is 0 Å². The molecule has 4 aliphatic rings. The lowest BCUT2D eigenvalue weighted by Crippen LogP contribution is -2.54. The summed E-state index contributed by atoms with van der Waals surface area (Å²) in [6, 6.07) is 5.39. The van der Waals surface area contributed by atoms with Crippen LogP contribution in [0.1, 0.15) is 44.1 Å². The first-order valence-corrected chi connectivity index (χ1v) is 10.6. The molecule has 0 unspecified atom stereocenters. The number of hydrogen-bond donors (Lipinski definition) is 1. The van der Waals surface area contributed by atoms with Crippen LogP contribution in [0.25, 0.3) is 0 Å². The molecule has 4 fully saturated rings. The number of amides is 2. The molecule has 4 bridgehead atoms. The van der Waals surface area contributed by atoms with Crippen LogP contribution in [-0.4, -0.2) is 30.3 Å². The molecule has 0 spiro atoms. The molecule has 0 aliphatic heterocycles. The largest absolute Gasteiger partial charge is 0.347 e. The van der Waals surface area contributed by atoms with Gasteiger partial charge in [0.25, 0.3) is 0 Å². The van der Waals surface area contributed by atoms with E-state index in [1.807, 2.05) is 12.1 Å². The molecule has 27 heavy (non-hydrogen) atoms. The predicted molar refractivity (Wildman–Crippen MR) is 107 cm³/mol. The average Bonchev–Trinajstić information content (AvgIpc) is 2.62. The van der Waals surface area contributed by atoms with E-state index in [4.69, 9.17) is 23.2 Å². The second kappa shape index (κ2) is 7.29. The van der Waals surface area contributed by atoms with Crippen LogP contribution in [0.5, 0.6) is 0 Å². The monoisotopic (exact) mass is 408 g/mol. The average molecular weight is 409 g/mol. The molecule has 1 aromatic carbocycles. The maximum atomic E-state index is 13.0. The second-order valence-electron chi connectivity index (χ2n) is 8.84. The van der Waals surface area contributed by atoms with Gasteiger partial charge in [-0.15, -0.1) is 0 Å². The minimum Gasteiger partial charge on any atom is -0.347 e. The van der Waals surface area contributed by atoms with Gasteiger partial charge in [-0.3, -0.25) is 9.59 Å². The third-order valence-corrected chi connectivity index (χ3v) is 7.64. The van der Waals surface area contributed by atoms with Gasteiger partial charge in [-0.1, -0.05) is 35.3 Å². The first-order chi connectivity index (χ1) is 12.9. The Balaban J connectivity index is 1.33. The minimum atomic E-state index is -0.218. The summed E-state index contributed by atoms with van der Waals surface area (Å²) in [5.74, 6) is 2.11. The molecule has 0 radical (unpaired) electrons. The van der Waals surface area contributed by atoms with Crippen molar-refractivity contribution >= 4 is 35.0 Å². The molecule has 0 aromatic heterocycles. The topological polar surface area (TPSA) is 49.4 Å². The van der Waals surface area contributed by atoms with Crippen LogP contribution >= 0.6 is 23.2 Å². The van der Waals surface area contributed by atoms with Gasteiger partial charge in [0.15, 0.2) is 0 Å². The lowest BCUT2D eigenvalue weighted by atomic mass is 9.49. The summed E-state index contributed by atoms with van der Waals surface area (Å²) >= 11 is 12.2. The van der Waals surface area contributed by atoms with Gasteiger partial charge in [-0.2, -0.15) is 0 Å². The quantitative estimate of drug-likeness (QED) is 0.789. The molecule has 5 rings (SSSR count). The molecule has 1 N–H and O–H groups in total. The zero-order chi connectivity index (χ0) is 19.2. The summed E-state index contributed by atoms with van der Waals surface area (Å²) in [4.78, 5) is 27.1. The predicted octanol–water partition coefficient (Wildman–Crippen LogP) is 4.28. The van der Waals surface area contributed by atoms with E-state index in [0.717, 1.165) is 24.8 Å². The third-order valence-electron chi connectivity index (χ3n) is 6.78. The minimum absolute atomic E-state index is 0.0370. The van der Waals surface area contributed by atoms with E-state index in [0.29, 0.717) is 34.3 Å². The van der Waals surface area contributed by atoms with Crippen LogP contribution in [-0.2, 0) is 16.1 Å². The fourth-order valence-electron chi connectivity index (χ4n) is 5.88. The Morgan fingerprint density at radius 1 is 1.11 bits per heavy atom. The highest BCUT2D eigenvalue weighted by atomic mass is 35.5. The zero-order valence-electron chi connectivity index (χ0n) is 15.6. The van der Waals surface area contributed by atoms with Gasteiger partial charge < -0.3 is 10.2 Å². The Hall–Kier alpha value is -1.26. The van der Waals surface area contributed by atoms with Crippen molar-refractivity contribution in [2.75, 3.05) is 13.6 Å². The summed E-state index contributed by atoms with van der Waals surface area (Å²) in [6.07, 6.45) is 6.92. The highest BCUT2D eigenvalue weighted by Gasteiger charge is 2.54. The lowest BCUT2D eigenvalue weighted by molar-refractivity contribution is -0.147. The lowest BCUT2D eigenvalue weighted by Gasteiger charge is -2.55. The van der Waals surface area contributed by atoms with Gasteiger partial charge in [-0.25, -0.2) is 0 Å². The van der Waals surface area contributed by atoms with E-state index in [9.17, 15) is 9.59 Å². The van der Waals surface area contributed by atoms with E-state index < -0.39 is 0 Å². The summed E-state index contributed by atoms with van der Waals surface area (Å²) < 4.78 is 0. The fraction of sp³-hybridized carbons (Fsp3) is 0.619. The third kappa shape index (κ3) is 3.71. The van der Waals surface area contributed by atoms with Crippen molar-refractivity contribution in [2.45, 2.75) is 45.1 Å². The van der Waals surface area contributed by atoms with Crippen molar-refractivity contribution in [3.8, 4) is 0 Å². The molecular formula is C21H26Cl2N2O2. The van der Waals surface area contributed by atoms with Crippen molar-refractivity contribution in [1.82, 2.24) is 10.2 Å². The number of nitrogens with zero attached hydrogens (tertiary/aromatic N) is 1. The van der Waals surface area contributed by atoms with Crippen molar-refractivity contribution in [2.24, 2.45) is 23.2 Å². The van der Waals surface area contributed by atoms with Crippen molar-refractivity contribution in [1.29, 1.82) is 0 Å². The highest BCUT2D eigenvalue weighted by molar-refractivity contribution is 6.42. The van der Waals surface area contributed by atoms with Gasteiger partial charge in [0, 0.05) is 19.0 Å². The maximum Gasteiger partial charge on any atom is 0.242 e. The van der Waals surface area contributed by atoms with Crippen molar-refractivity contribution in [3.05, 3.63) is 33.8 Å². The smallest absolute Gasteiger partial charge is 0.242 e. The van der Waals surface area contributed by atoms with Gasteiger partial charge in [0.2, 0.25) is 11.8 Å². The molecule has 2 amide bonds. The number of benzene rings is 1. The van der Waals surface area contributed by atoms with Gasteiger partial charge in [0.05, 0.1) is 16.6 Å². The standard InChI is InChI=1S/C21H26Cl2N2O2/c1-25(12-16-3-2-4-17(22)19(16)23)18(26)11-24-20(27)21-8-13-5-14(9-21)7-15(6-13)10-21/h2-4,13-15H,5-12H2,1H3,(H,24,27). The Morgan fingerprint density at radius 3 is 2.30 bits per heavy atom.